The monoisotopic (exact) mass is 424 g/mol. The van der Waals surface area contributed by atoms with E-state index in [2.05, 4.69) is 55.4 Å². The molecule has 0 saturated heterocycles. The highest BCUT2D eigenvalue weighted by Crippen LogP contribution is 2.34. The molecule has 0 radical (unpaired) electrons. The van der Waals surface area contributed by atoms with Crippen LogP contribution in [0.5, 0.6) is 0 Å². The van der Waals surface area contributed by atoms with Crippen molar-refractivity contribution in [1.29, 1.82) is 0 Å². The summed E-state index contributed by atoms with van der Waals surface area (Å²) in [6, 6.07) is 0. The van der Waals surface area contributed by atoms with Gasteiger partial charge in [0.1, 0.15) is 12.2 Å². The van der Waals surface area contributed by atoms with Gasteiger partial charge in [-0.05, 0) is 62.2 Å². The van der Waals surface area contributed by atoms with Gasteiger partial charge in [-0.2, -0.15) is 0 Å². The van der Waals surface area contributed by atoms with Gasteiger partial charge in [0.25, 0.3) is 0 Å². The highest BCUT2D eigenvalue weighted by atomic mass is 16.6. The summed E-state index contributed by atoms with van der Waals surface area (Å²) in [4.78, 5) is 26.2. The fourth-order valence-corrected chi connectivity index (χ4v) is 4.69. The highest BCUT2D eigenvalue weighted by molar-refractivity contribution is 5.82. The summed E-state index contributed by atoms with van der Waals surface area (Å²) in [5.74, 6) is 0.809. The lowest BCUT2D eigenvalue weighted by molar-refractivity contribution is -0.170. The van der Waals surface area contributed by atoms with Crippen LogP contribution < -0.4 is 0 Å². The van der Waals surface area contributed by atoms with Crippen molar-refractivity contribution in [1.82, 2.24) is 0 Å². The van der Waals surface area contributed by atoms with Gasteiger partial charge in [-0.15, -0.1) is 0 Å². The van der Waals surface area contributed by atoms with E-state index in [1.807, 2.05) is 0 Å². The van der Waals surface area contributed by atoms with E-state index >= 15 is 0 Å². The fraction of sp³-hybridized carbons (Fsp3) is 0.923. The summed E-state index contributed by atoms with van der Waals surface area (Å²) in [5.41, 5.74) is 0. The van der Waals surface area contributed by atoms with Crippen LogP contribution in [0.3, 0.4) is 0 Å². The van der Waals surface area contributed by atoms with Gasteiger partial charge < -0.3 is 9.47 Å². The molecule has 0 unspecified atom stereocenters. The molecule has 0 aromatic rings. The molecular weight excluding hydrogens is 376 g/mol. The van der Waals surface area contributed by atoms with E-state index < -0.39 is 0 Å². The van der Waals surface area contributed by atoms with E-state index in [4.69, 9.17) is 9.47 Å². The van der Waals surface area contributed by atoms with Gasteiger partial charge in [-0.3, -0.25) is 9.59 Å². The number of carbonyl (C=O) groups excluding carboxylic acids is 2. The van der Waals surface area contributed by atoms with Crippen LogP contribution in [0.2, 0.25) is 0 Å². The van der Waals surface area contributed by atoms with E-state index in [-0.39, 0.29) is 36.0 Å². The van der Waals surface area contributed by atoms with Crippen molar-refractivity contribution in [2.24, 2.45) is 35.5 Å². The standard InChI is InChI=1S/C26H48O4/c1-17(2)13-21(14-18(3)4)29-25(27)23-11-9-10-12-24(23)26(28)30-22(15-19(5)6)16-20(7)8/h17-24H,9-16H2,1-8H3/t23-,24-/m1/s1. The number of rotatable bonds is 12. The Bertz CT molecular complexity index is 443. The van der Waals surface area contributed by atoms with E-state index in [1.54, 1.807) is 0 Å². The minimum Gasteiger partial charge on any atom is -0.462 e. The Balaban J connectivity index is 2.83. The highest BCUT2D eigenvalue weighted by Gasteiger charge is 2.39. The number of hydrogen-bond acceptors (Lipinski definition) is 4. The number of hydrogen-bond donors (Lipinski definition) is 0. The van der Waals surface area contributed by atoms with Crippen molar-refractivity contribution in [3.63, 3.8) is 0 Å². The Hall–Kier alpha value is -1.06. The zero-order chi connectivity index (χ0) is 22.8. The largest absolute Gasteiger partial charge is 0.462 e. The quantitative estimate of drug-likeness (QED) is 0.323. The molecule has 176 valence electrons. The Kier molecular flexibility index (Phi) is 12.0. The molecule has 0 amide bonds. The fourth-order valence-electron chi connectivity index (χ4n) is 4.69. The lowest BCUT2D eigenvalue weighted by atomic mass is 9.79. The maximum atomic E-state index is 13.1. The SMILES string of the molecule is CC(C)CC(CC(C)C)OC(=O)[C@@H]1CCCC[C@H]1C(=O)OC(CC(C)C)CC(C)C. The maximum Gasteiger partial charge on any atom is 0.310 e. The minimum absolute atomic E-state index is 0.0641. The normalized spacial score (nSPS) is 20.1. The first-order valence-corrected chi connectivity index (χ1v) is 12.4. The molecule has 1 rings (SSSR count). The van der Waals surface area contributed by atoms with E-state index in [0.717, 1.165) is 51.4 Å². The van der Waals surface area contributed by atoms with Crippen molar-refractivity contribution in [2.45, 2.75) is 119 Å². The van der Waals surface area contributed by atoms with Crippen LogP contribution in [-0.4, -0.2) is 24.1 Å². The first kappa shape index (κ1) is 27.0. The molecule has 1 fully saturated rings. The number of carbonyl (C=O) groups is 2. The van der Waals surface area contributed by atoms with Crippen molar-refractivity contribution in [3.8, 4) is 0 Å². The topological polar surface area (TPSA) is 52.6 Å². The summed E-state index contributed by atoms with van der Waals surface area (Å²) < 4.78 is 12.0. The third-order valence-electron chi connectivity index (χ3n) is 5.87. The Labute approximate surface area is 185 Å². The van der Waals surface area contributed by atoms with Gasteiger partial charge in [0.15, 0.2) is 0 Å². The predicted octanol–water partition coefficient (Wildman–Crippen LogP) is 6.80. The van der Waals surface area contributed by atoms with Crippen LogP contribution in [0.4, 0.5) is 0 Å². The first-order chi connectivity index (χ1) is 14.0. The van der Waals surface area contributed by atoms with Crippen LogP contribution in [0, 0.1) is 35.5 Å². The molecule has 4 nitrogen and oxygen atoms in total. The van der Waals surface area contributed by atoms with Gasteiger partial charge in [-0.1, -0.05) is 68.2 Å². The Morgan fingerprint density at radius 2 is 0.867 bits per heavy atom. The molecule has 2 atom stereocenters. The van der Waals surface area contributed by atoms with E-state index in [9.17, 15) is 9.59 Å². The van der Waals surface area contributed by atoms with Crippen LogP contribution in [0.15, 0.2) is 0 Å². The summed E-state index contributed by atoms with van der Waals surface area (Å²) >= 11 is 0. The molecule has 30 heavy (non-hydrogen) atoms. The number of ether oxygens (including phenoxy) is 2. The molecule has 0 aromatic carbocycles. The van der Waals surface area contributed by atoms with Gasteiger partial charge in [0.2, 0.25) is 0 Å². The first-order valence-electron chi connectivity index (χ1n) is 12.4. The third kappa shape index (κ3) is 10.3. The van der Waals surface area contributed by atoms with Crippen LogP contribution in [0.1, 0.15) is 107 Å². The lowest BCUT2D eigenvalue weighted by Gasteiger charge is -2.32. The van der Waals surface area contributed by atoms with Gasteiger partial charge in [0, 0.05) is 0 Å². The third-order valence-corrected chi connectivity index (χ3v) is 5.87. The summed E-state index contributed by atoms with van der Waals surface area (Å²) in [5, 5.41) is 0. The van der Waals surface area contributed by atoms with E-state index in [1.165, 1.54) is 0 Å². The molecule has 0 heterocycles. The summed E-state index contributed by atoms with van der Waals surface area (Å²) in [6.07, 6.45) is 6.77. The maximum absolute atomic E-state index is 13.1. The van der Waals surface area contributed by atoms with Crippen LogP contribution in [-0.2, 0) is 19.1 Å². The zero-order valence-corrected chi connectivity index (χ0v) is 20.9. The summed E-state index contributed by atoms with van der Waals surface area (Å²) in [7, 11) is 0. The Morgan fingerprint density at radius 3 is 1.10 bits per heavy atom. The van der Waals surface area contributed by atoms with Crippen molar-refractivity contribution < 1.29 is 19.1 Å². The minimum atomic E-state index is -0.355. The molecule has 0 spiro atoms. The van der Waals surface area contributed by atoms with Gasteiger partial charge in [0.05, 0.1) is 11.8 Å². The van der Waals surface area contributed by atoms with E-state index in [0.29, 0.717) is 23.7 Å². The van der Waals surface area contributed by atoms with Crippen molar-refractivity contribution in [3.05, 3.63) is 0 Å². The average molecular weight is 425 g/mol. The molecule has 1 aliphatic carbocycles. The molecular formula is C26H48O4. The molecule has 4 heteroatoms. The van der Waals surface area contributed by atoms with Crippen LogP contribution in [0.25, 0.3) is 0 Å². The average Bonchev–Trinajstić information content (AvgIpc) is 2.59. The molecule has 1 saturated carbocycles. The Morgan fingerprint density at radius 1 is 0.600 bits per heavy atom. The predicted molar refractivity (Wildman–Crippen MR) is 123 cm³/mol. The molecule has 0 bridgehead atoms. The second-order valence-corrected chi connectivity index (χ2v) is 11.1. The van der Waals surface area contributed by atoms with Crippen molar-refractivity contribution >= 4 is 11.9 Å². The summed E-state index contributed by atoms with van der Waals surface area (Å²) in [6.45, 7) is 17.3. The van der Waals surface area contributed by atoms with Gasteiger partial charge in [-0.25, -0.2) is 0 Å². The van der Waals surface area contributed by atoms with Crippen molar-refractivity contribution in [2.75, 3.05) is 0 Å². The molecule has 0 aromatic heterocycles. The second-order valence-electron chi connectivity index (χ2n) is 11.1. The van der Waals surface area contributed by atoms with Gasteiger partial charge >= 0.3 is 11.9 Å². The molecule has 1 aliphatic rings. The number of esters is 2. The van der Waals surface area contributed by atoms with Crippen LogP contribution >= 0.6 is 0 Å². The lowest BCUT2D eigenvalue weighted by Crippen LogP contribution is -2.38. The smallest absolute Gasteiger partial charge is 0.310 e. The molecule has 0 N–H and O–H groups in total. The molecule has 0 aliphatic heterocycles. The second kappa shape index (κ2) is 13.4. The zero-order valence-electron chi connectivity index (χ0n) is 20.9.